The Bertz CT molecular complexity index is 2250. The Morgan fingerprint density at radius 3 is 0.914 bits per heavy atom. The van der Waals surface area contributed by atoms with Crippen molar-refractivity contribution >= 4 is 23.0 Å². The van der Waals surface area contributed by atoms with Gasteiger partial charge < -0.3 is 46.1 Å². The van der Waals surface area contributed by atoms with E-state index < -0.39 is 23.0 Å². The second-order valence-corrected chi connectivity index (χ2v) is 19.2. The van der Waals surface area contributed by atoms with E-state index in [9.17, 15) is 0 Å². The highest BCUT2D eigenvalue weighted by atomic mass is 31.3. The highest BCUT2D eigenvalue weighted by Crippen LogP contribution is 2.79. The SMILES string of the molecule is c1ccc(OP2(Oc3ccccc3)=NP(Oc3ccccc3)(Oc3ccccc3)=NP(Oc3ccccc3OCC3CO3)(Oc3ccccc3OCC3CO3)=N2)cc1. The maximum absolute atomic E-state index is 7.07. The fourth-order valence-electron chi connectivity index (χ4n) is 5.47. The summed E-state index contributed by atoms with van der Waals surface area (Å²) < 4.78 is 80.9. The van der Waals surface area contributed by atoms with Crippen LogP contribution in [0.2, 0.25) is 0 Å². The second-order valence-electron chi connectivity index (χ2n) is 13.0. The number of rotatable bonds is 18. The Balaban J connectivity index is 1.32. The van der Waals surface area contributed by atoms with E-state index in [1.807, 2.05) is 97.1 Å². The van der Waals surface area contributed by atoms with Gasteiger partial charge in [-0.25, -0.2) is 0 Å². The van der Waals surface area contributed by atoms with Gasteiger partial charge in [-0.15, -0.1) is 0 Å². The zero-order valence-electron chi connectivity index (χ0n) is 30.9. The van der Waals surface area contributed by atoms with Crippen LogP contribution in [-0.4, -0.2) is 38.6 Å². The fraction of sp³-hybridized carbons (Fsp3) is 0.143. The second kappa shape index (κ2) is 17.0. The van der Waals surface area contributed by atoms with Gasteiger partial charge in [-0.05, 0) is 72.8 Å². The number of epoxide rings is 2. The van der Waals surface area contributed by atoms with Gasteiger partial charge in [0.05, 0.1) is 13.2 Å². The number of para-hydroxylation sites is 8. The summed E-state index contributed by atoms with van der Waals surface area (Å²) in [6.45, 7) is 1.84. The van der Waals surface area contributed by atoms with Crippen LogP contribution in [0.3, 0.4) is 0 Å². The van der Waals surface area contributed by atoms with E-state index in [2.05, 4.69) is 0 Å². The minimum atomic E-state index is -4.21. The summed E-state index contributed by atoms with van der Waals surface area (Å²) in [6.07, 6.45) is -0.0470. The van der Waals surface area contributed by atoms with Crippen molar-refractivity contribution in [1.29, 1.82) is 0 Å². The molecule has 2 atom stereocenters. The Labute approximate surface area is 336 Å². The molecular weight excluding hydrogens is 799 g/mol. The van der Waals surface area contributed by atoms with Gasteiger partial charge >= 0.3 is 23.0 Å². The molecule has 0 amide bonds. The molecule has 13 nitrogen and oxygen atoms in total. The van der Waals surface area contributed by atoms with Crippen molar-refractivity contribution in [3.63, 3.8) is 0 Å². The highest BCUT2D eigenvalue weighted by Gasteiger charge is 2.49. The van der Waals surface area contributed by atoms with Crippen molar-refractivity contribution in [2.75, 3.05) is 26.4 Å². The molecule has 0 bridgehead atoms. The first-order valence-corrected chi connectivity index (χ1v) is 23.1. The molecule has 3 aliphatic rings. The van der Waals surface area contributed by atoms with Crippen molar-refractivity contribution in [3.8, 4) is 46.0 Å². The number of hydrogen-bond donors (Lipinski definition) is 0. The third-order valence-corrected chi connectivity index (χ3v) is 16.4. The average Bonchev–Trinajstić information content (AvgIpc) is 4.18. The molecule has 0 spiro atoms. The zero-order valence-corrected chi connectivity index (χ0v) is 33.6. The summed E-state index contributed by atoms with van der Waals surface area (Å²) in [5.74, 6) is 3.06. The first-order chi connectivity index (χ1) is 28.5. The van der Waals surface area contributed by atoms with Gasteiger partial charge in [0.1, 0.15) is 48.4 Å². The molecular formula is C42H38N3O10P3. The van der Waals surface area contributed by atoms with E-state index in [1.165, 1.54) is 0 Å². The summed E-state index contributed by atoms with van der Waals surface area (Å²) in [5.41, 5.74) is 0. The van der Waals surface area contributed by atoms with E-state index in [1.54, 1.807) is 72.8 Å². The first kappa shape index (κ1) is 37.9. The van der Waals surface area contributed by atoms with E-state index in [0.29, 0.717) is 60.9 Å². The lowest BCUT2D eigenvalue weighted by atomic mass is 10.3. The van der Waals surface area contributed by atoms with Crippen LogP contribution >= 0.6 is 23.0 Å². The quantitative estimate of drug-likeness (QED) is 0.0608. The maximum atomic E-state index is 7.07. The summed E-state index contributed by atoms with van der Waals surface area (Å²) in [6, 6.07) is 51.0. The van der Waals surface area contributed by atoms with Gasteiger partial charge in [0.15, 0.2) is 23.0 Å². The summed E-state index contributed by atoms with van der Waals surface area (Å²) in [4.78, 5) is 0. The van der Waals surface area contributed by atoms with Crippen LogP contribution in [0.15, 0.2) is 183 Å². The molecule has 0 radical (unpaired) electrons. The lowest BCUT2D eigenvalue weighted by Crippen LogP contribution is -2.12. The number of hydrogen-bond acceptors (Lipinski definition) is 13. The molecule has 0 aromatic heterocycles. The molecule has 6 aromatic rings. The van der Waals surface area contributed by atoms with E-state index in [4.69, 9.17) is 59.6 Å². The summed E-state index contributed by atoms with van der Waals surface area (Å²) >= 11 is 0. The molecule has 58 heavy (non-hydrogen) atoms. The van der Waals surface area contributed by atoms with Crippen LogP contribution in [-0.2, 0) is 9.47 Å². The van der Waals surface area contributed by atoms with Crippen LogP contribution in [0.25, 0.3) is 0 Å². The molecule has 296 valence electrons. The van der Waals surface area contributed by atoms with Crippen LogP contribution in [0, 0.1) is 0 Å². The Morgan fingerprint density at radius 2 is 0.621 bits per heavy atom. The average molecular weight is 838 g/mol. The highest BCUT2D eigenvalue weighted by molar-refractivity contribution is 7.79. The van der Waals surface area contributed by atoms with Crippen LogP contribution in [0.1, 0.15) is 0 Å². The summed E-state index contributed by atoms with van der Waals surface area (Å²) in [7, 11) is -12.3. The van der Waals surface area contributed by atoms with Crippen molar-refractivity contribution in [3.05, 3.63) is 170 Å². The van der Waals surface area contributed by atoms with Gasteiger partial charge in [0.25, 0.3) is 0 Å². The molecule has 6 aromatic carbocycles. The smallest absolute Gasteiger partial charge is 0.461 e. The number of nitrogens with zero attached hydrogens (tertiary/aromatic N) is 3. The van der Waals surface area contributed by atoms with E-state index in [0.717, 1.165) is 0 Å². The van der Waals surface area contributed by atoms with Gasteiger partial charge in [-0.3, -0.25) is 0 Å². The molecule has 16 heteroatoms. The number of ether oxygens (including phenoxy) is 4. The lowest BCUT2D eigenvalue weighted by molar-refractivity contribution is 0.254. The predicted octanol–water partition coefficient (Wildman–Crippen LogP) is 11.9. The van der Waals surface area contributed by atoms with Crippen molar-refractivity contribution in [2.24, 2.45) is 13.5 Å². The third kappa shape index (κ3) is 9.71. The van der Waals surface area contributed by atoms with Gasteiger partial charge in [-0.1, -0.05) is 111 Å². The molecule has 2 unspecified atom stereocenters. The van der Waals surface area contributed by atoms with Crippen molar-refractivity contribution < 1.29 is 46.1 Å². The Kier molecular flexibility index (Phi) is 11.1. The van der Waals surface area contributed by atoms with Crippen molar-refractivity contribution in [1.82, 2.24) is 0 Å². The fourth-order valence-corrected chi connectivity index (χ4v) is 14.6. The number of benzene rings is 6. The molecule has 0 saturated carbocycles. The maximum Gasteiger partial charge on any atom is 0.461 e. The van der Waals surface area contributed by atoms with Gasteiger partial charge in [0.2, 0.25) is 0 Å². The first-order valence-electron chi connectivity index (χ1n) is 18.5. The van der Waals surface area contributed by atoms with E-state index in [-0.39, 0.29) is 23.7 Å². The topological polar surface area (TPSA) is 136 Å². The van der Waals surface area contributed by atoms with E-state index >= 15 is 0 Å². The van der Waals surface area contributed by atoms with Crippen LogP contribution in [0.5, 0.6) is 46.0 Å². The Morgan fingerprint density at radius 1 is 0.362 bits per heavy atom. The molecule has 0 aliphatic carbocycles. The molecule has 3 aliphatic heterocycles. The largest absolute Gasteiger partial charge is 0.487 e. The summed E-state index contributed by atoms with van der Waals surface area (Å²) in [5, 5.41) is 0. The Hall–Kier alpha value is -5.67. The van der Waals surface area contributed by atoms with Crippen LogP contribution < -0.4 is 36.6 Å². The lowest BCUT2D eigenvalue weighted by Gasteiger charge is -2.33. The molecule has 9 rings (SSSR count). The minimum absolute atomic E-state index is 0.0235. The molecule has 2 saturated heterocycles. The minimum Gasteiger partial charge on any atom is -0.487 e. The van der Waals surface area contributed by atoms with Crippen LogP contribution in [0.4, 0.5) is 0 Å². The van der Waals surface area contributed by atoms with Gasteiger partial charge in [0, 0.05) is 0 Å². The standard InChI is InChI=1S/C42H38N3O10P3/c1-5-17-33(18-6-1)50-56(51-34-19-7-2-8-20-34)43-57(52-35-21-9-3-10-22-35,53-36-23-11-4-12-24-36)45-58(44-56,54-41-27-15-13-25-39(41)48-31-37-29-46-37)55-42-28-16-14-26-40(42)49-32-38-30-47-38/h1-28,37-38H,29-32H2. The van der Waals surface area contributed by atoms with Gasteiger partial charge in [-0.2, -0.15) is 0 Å². The molecule has 2 fully saturated rings. The predicted molar refractivity (Wildman–Crippen MR) is 221 cm³/mol. The zero-order chi connectivity index (χ0) is 39.1. The molecule has 0 N–H and O–H groups in total. The van der Waals surface area contributed by atoms with Crippen molar-refractivity contribution in [2.45, 2.75) is 12.2 Å². The third-order valence-electron chi connectivity index (χ3n) is 8.34. The monoisotopic (exact) mass is 837 g/mol. The normalized spacial score (nSPS) is 20.7. The molecule has 3 heterocycles.